The molecule has 0 aliphatic carbocycles. The minimum Gasteiger partial charge on any atom is -0.476 e. The molecule has 1 heterocycles. The Morgan fingerprint density at radius 1 is 1.38 bits per heavy atom. The van der Waals surface area contributed by atoms with Crippen LogP contribution in [0.3, 0.4) is 0 Å². The summed E-state index contributed by atoms with van der Waals surface area (Å²) in [6.45, 7) is 0. The van der Waals surface area contributed by atoms with Gasteiger partial charge in [-0.1, -0.05) is 42.1 Å². The van der Waals surface area contributed by atoms with Crippen LogP contribution in [0.4, 0.5) is 0 Å². The Kier molecular flexibility index (Phi) is 3.26. The molecule has 0 unspecified atom stereocenters. The molecule has 0 aliphatic rings. The van der Waals surface area contributed by atoms with Crippen LogP contribution in [0.15, 0.2) is 46.2 Å². The first kappa shape index (κ1) is 10.8. The fraction of sp³-hybridized carbons (Fsp3) is 0.0909. The maximum absolute atomic E-state index is 10.6. The number of aromatic nitrogens is 1. The molecule has 16 heavy (non-hydrogen) atoms. The predicted molar refractivity (Wildman–Crippen MR) is 59.5 cm³/mol. The molecule has 0 spiro atoms. The molecule has 1 aromatic heterocycles. The molecule has 0 fully saturated rings. The van der Waals surface area contributed by atoms with Gasteiger partial charge in [-0.2, -0.15) is 4.98 Å². The predicted octanol–water partition coefficient (Wildman–Crippen LogP) is 2.67. The lowest BCUT2D eigenvalue weighted by Crippen LogP contribution is -1.95. The van der Waals surface area contributed by atoms with Crippen LogP contribution in [-0.2, 0) is 5.75 Å². The quantitative estimate of drug-likeness (QED) is 0.825. The SMILES string of the molecule is O=C(O)c1coc(SCc2ccccc2)n1. The monoisotopic (exact) mass is 235 g/mol. The van der Waals surface area contributed by atoms with Crippen LogP contribution in [0.2, 0.25) is 0 Å². The Labute approximate surface area is 96.3 Å². The lowest BCUT2D eigenvalue weighted by Gasteiger charge is -1.96. The summed E-state index contributed by atoms with van der Waals surface area (Å²) < 4.78 is 5.02. The zero-order chi connectivity index (χ0) is 11.4. The maximum atomic E-state index is 10.6. The molecule has 5 heteroatoms. The van der Waals surface area contributed by atoms with Crippen LogP contribution in [0, 0.1) is 0 Å². The molecule has 2 rings (SSSR count). The highest BCUT2D eigenvalue weighted by Gasteiger charge is 2.10. The van der Waals surface area contributed by atoms with Crippen molar-refractivity contribution >= 4 is 17.7 Å². The van der Waals surface area contributed by atoms with Gasteiger partial charge in [0.05, 0.1) is 0 Å². The topological polar surface area (TPSA) is 63.3 Å². The minimum atomic E-state index is -1.07. The van der Waals surface area contributed by atoms with Gasteiger partial charge in [0.15, 0.2) is 5.69 Å². The van der Waals surface area contributed by atoms with E-state index < -0.39 is 5.97 Å². The fourth-order valence-electron chi connectivity index (χ4n) is 1.14. The number of rotatable bonds is 4. The summed E-state index contributed by atoms with van der Waals surface area (Å²) in [5, 5.41) is 9.03. The summed E-state index contributed by atoms with van der Waals surface area (Å²) >= 11 is 1.37. The lowest BCUT2D eigenvalue weighted by molar-refractivity contribution is 0.0690. The van der Waals surface area contributed by atoms with Crippen molar-refractivity contribution in [3.63, 3.8) is 0 Å². The Morgan fingerprint density at radius 3 is 2.75 bits per heavy atom. The normalized spacial score (nSPS) is 10.2. The van der Waals surface area contributed by atoms with E-state index in [1.165, 1.54) is 11.8 Å². The summed E-state index contributed by atoms with van der Waals surface area (Å²) in [7, 11) is 0. The third-order valence-corrected chi connectivity index (χ3v) is 2.82. The van der Waals surface area contributed by atoms with Crippen molar-refractivity contribution in [2.24, 2.45) is 0 Å². The largest absolute Gasteiger partial charge is 0.476 e. The van der Waals surface area contributed by atoms with Crippen molar-refractivity contribution in [2.45, 2.75) is 11.0 Å². The van der Waals surface area contributed by atoms with Gasteiger partial charge in [-0.15, -0.1) is 0 Å². The van der Waals surface area contributed by atoms with Crippen molar-refractivity contribution in [3.05, 3.63) is 47.9 Å². The van der Waals surface area contributed by atoms with Crippen molar-refractivity contribution < 1.29 is 14.3 Å². The second-order valence-electron chi connectivity index (χ2n) is 3.08. The van der Waals surface area contributed by atoms with Gasteiger partial charge in [0.25, 0.3) is 5.22 Å². The molecule has 0 saturated carbocycles. The van der Waals surface area contributed by atoms with Gasteiger partial charge in [-0.25, -0.2) is 4.79 Å². The highest BCUT2D eigenvalue weighted by Crippen LogP contribution is 2.21. The third kappa shape index (κ3) is 2.64. The van der Waals surface area contributed by atoms with E-state index in [4.69, 9.17) is 9.52 Å². The third-order valence-electron chi connectivity index (χ3n) is 1.91. The van der Waals surface area contributed by atoms with Crippen molar-refractivity contribution in [1.82, 2.24) is 4.98 Å². The number of hydrogen-bond donors (Lipinski definition) is 1. The van der Waals surface area contributed by atoms with Gasteiger partial charge in [-0.3, -0.25) is 0 Å². The van der Waals surface area contributed by atoms with Crippen LogP contribution in [-0.4, -0.2) is 16.1 Å². The highest BCUT2D eigenvalue weighted by atomic mass is 32.2. The number of benzene rings is 1. The van der Waals surface area contributed by atoms with E-state index in [2.05, 4.69) is 4.98 Å². The van der Waals surface area contributed by atoms with Gasteiger partial charge in [0, 0.05) is 5.75 Å². The number of nitrogens with zero attached hydrogens (tertiary/aromatic N) is 1. The van der Waals surface area contributed by atoms with Gasteiger partial charge < -0.3 is 9.52 Å². The number of carboxylic acids is 1. The number of hydrogen-bond acceptors (Lipinski definition) is 4. The van der Waals surface area contributed by atoms with E-state index in [-0.39, 0.29) is 5.69 Å². The number of carbonyl (C=O) groups is 1. The molecule has 0 amide bonds. The van der Waals surface area contributed by atoms with Crippen LogP contribution in [0.25, 0.3) is 0 Å². The van der Waals surface area contributed by atoms with Crippen LogP contribution < -0.4 is 0 Å². The highest BCUT2D eigenvalue weighted by molar-refractivity contribution is 7.98. The van der Waals surface area contributed by atoms with Crippen LogP contribution in [0.1, 0.15) is 16.1 Å². The molecule has 0 atom stereocenters. The molecule has 1 N–H and O–H groups in total. The van der Waals surface area contributed by atoms with Crippen molar-refractivity contribution in [3.8, 4) is 0 Å². The lowest BCUT2D eigenvalue weighted by atomic mass is 10.2. The second kappa shape index (κ2) is 4.85. The van der Waals surface area contributed by atoms with E-state index in [9.17, 15) is 4.79 Å². The number of oxazole rings is 1. The number of aromatic carboxylic acids is 1. The van der Waals surface area contributed by atoms with Crippen LogP contribution >= 0.6 is 11.8 Å². The number of carboxylic acid groups (broad SMARTS) is 1. The average molecular weight is 235 g/mol. The molecule has 0 saturated heterocycles. The Bertz CT molecular complexity index is 481. The molecule has 0 aliphatic heterocycles. The molecule has 4 nitrogen and oxygen atoms in total. The van der Waals surface area contributed by atoms with E-state index in [0.717, 1.165) is 11.8 Å². The van der Waals surface area contributed by atoms with E-state index >= 15 is 0 Å². The van der Waals surface area contributed by atoms with Gasteiger partial charge >= 0.3 is 5.97 Å². The van der Waals surface area contributed by atoms with E-state index in [0.29, 0.717) is 11.0 Å². The zero-order valence-corrected chi connectivity index (χ0v) is 9.11. The maximum Gasteiger partial charge on any atom is 0.357 e. The first-order valence-corrected chi connectivity index (χ1v) is 5.60. The molecular formula is C11H9NO3S. The zero-order valence-electron chi connectivity index (χ0n) is 8.29. The average Bonchev–Trinajstić information content (AvgIpc) is 2.76. The summed E-state index contributed by atoms with van der Waals surface area (Å²) in [4.78, 5) is 14.4. The molecule has 82 valence electrons. The molecule has 0 bridgehead atoms. The van der Waals surface area contributed by atoms with Crippen LogP contribution in [0.5, 0.6) is 0 Å². The van der Waals surface area contributed by atoms with Crippen molar-refractivity contribution in [2.75, 3.05) is 0 Å². The smallest absolute Gasteiger partial charge is 0.357 e. The summed E-state index contributed by atoms with van der Waals surface area (Å²) in [5.41, 5.74) is 1.08. The summed E-state index contributed by atoms with van der Waals surface area (Å²) in [6, 6.07) is 9.84. The second-order valence-corrected chi connectivity index (χ2v) is 4.00. The fourth-order valence-corrected chi connectivity index (χ4v) is 1.90. The molecular weight excluding hydrogens is 226 g/mol. The number of thioether (sulfide) groups is 1. The minimum absolute atomic E-state index is 0.0597. The summed E-state index contributed by atoms with van der Waals surface area (Å²) in [5.74, 6) is -0.365. The first-order chi connectivity index (χ1) is 7.75. The van der Waals surface area contributed by atoms with Gasteiger partial charge in [-0.05, 0) is 5.56 Å². The van der Waals surface area contributed by atoms with E-state index in [1.54, 1.807) is 0 Å². The Balaban J connectivity index is 1.97. The first-order valence-electron chi connectivity index (χ1n) is 4.61. The summed E-state index contributed by atoms with van der Waals surface area (Å²) in [6.07, 6.45) is 1.15. The standard InChI is InChI=1S/C11H9NO3S/c13-10(14)9-6-15-11(12-9)16-7-8-4-2-1-3-5-8/h1-6H,7H2,(H,13,14). The Morgan fingerprint density at radius 2 is 2.12 bits per heavy atom. The van der Waals surface area contributed by atoms with Crippen molar-refractivity contribution in [1.29, 1.82) is 0 Å². The molecule has 0 radical (unpaired) electrons. The van der Waals surface area contributed by atoms with E-state index in [1.807, 2.05) is 30.3 Å². The molecule has 1 aromatic carbocycles. The molecule has 2 aromatic rings. The van der Waals surface area contributed by atoms with Gasteiger partial charge in [0.2, 0.25) is 0 Å². The van der Waals surface area contributed by atoms with Gasteiger partial charge in [0.1, 0.15) is 6.26 Å². The Hall–Kier alpha value is -1.75.